The summed E-state index contributed by atoms with van der Waals surface area (Å²) < 4.78 is 0. The highest BCUT2D eigenvalue weighted by molar-refractivity contribution is 6.33. The van der Waals surface area contributed by atoms with Crippen molar-refractivity contribution in [2.75, 3.05) is 6.61 Å². The second kappa shape index (κ2) is 5.48. The summed E-state index contributed by atoms with van der Waals surface area (Å²) in [6.45, 7) is 1.89. The minimum Gasteiger partial charge on any atom is -0.394 e. The van der Waals surface area contributed by atoms with Gasteiger partial charge in [-0.3, -0.25) is 4.98 Å². The van der Waals surface area contributed by atoms with Crippen LogP contribution in [0.25, 0.3) is 11.3 Å². The van der Waals surface area contributed by atoms with Gasteiger partial charge in [-0.1, -0.05) is 23.7 Å². The van der Waals surface area contributed by atoms with E-state index in [4.69, 9.17) is 22.4 Å². The number of aliphatic hydroxyl groups is 1. The number of hydrogen-bond acceptors (Lipinski definition) is 3. The molecule has 0 spiro atoms. The van der Waals surface area contributed by atoms with Crippen molar-refractivity contribution >= 4 is 11.6 Å². The molecule has 2 aromatic rings. The van der Waals surface area contributed by atoms with Crippen LogP contribution >= 0.6 is 11.6 Å². The number of aromatic nitrogens is 1. The van der Waals surface area contributed by atoms with Crippen LogP contribution in [-0.4, -0.2) is 16.7 Å². The van der Waals surface area contributed by atoms with Gasteiger partial charge in [-0.15, -0.1) is 0 Å². The molecule has 0 aliphatic heterocycles. The van der Waals surface area contributed by atoms with E-state index >= 15 is 0 Å². The predicted molar refractivity (Wildman–Crippen MR) is 73.4 cm³/mol. The molecule has 18 heavy (non-hydrogen) atoms. The van der Waals surface area contributed by atoms with Gasteiger partial charge in [-0.25, -0.2) is 0 Å². The molecule has 0 aliphatic carbocycles. The molecule has 1 aromatic heterocycles. The van der Waals surface area contributed by atoms with Gasteiger partial charge in [0.05, 0.1) is 18.3 Å². The van der Waals surface area contributed by atoms with Crippen molar-refractivity contribution in [3.8, 4) is 11.3 Å². The summed E-state index contributed by atoms with van der Waals surface area (Å²) in [6, 6.07) is 8.97. The molecule has 0 amide bonds. The topological polar surface area (TPSA) is 59.1 Å². The van der Waals surface area contributed by atoms with Gasteiger partial charge in [-0.2, -0.15) is 0 Å². The molecule has 0 aliphatic rings. The number of pyridine rings is 1. The Balaban J connectivity index is 2.54. The van der Waals surface area contributed by atoms with Crippen LogP contribution < -0.4 is 5.73 Å². The fourth-order valence-corrected chi connectivity index (χ4v) is 2.04. The molecule has 0 saturated carbocycles. The summed E-state index contributed by atoms with van der Waals surface area (Å²) >= 11 is 6.21. The lowest BCUT2D eigenvalue weighted by Gasteiger charge is -2.12. The number of hydrogen-bond donors (Lipinski definition) is 2. The van der Waals surface area contributed by atoms with Crippen molar-refractivity contribution in [3.05, 3.63) is 52.7 Å². The molecule has 94 valence electrons. The van der Waals surface area contributed by atoms with Crippen molar-refractivity contribution < 1.29 is 5.11 Å². The Bertz CT molecular complexity index is 557. The first kappa shape index (κ1) is 13.0. The maximum atomic E-state index is 9.10. The highest BCUT2D eigenvalue weighted by Crippen LogP contribution is 2.30. The molecule has 3 nitrogen and oxygen atoms in total. The summed E-state index contributed by atoms with van der Waals surface area (Å²) in [5.74, 6) is 0. The Morgan fingerprint density at radius 1 is 1.39 bits per heavy atom. The van der Waals surface area contributed by atoms with Crippen LogP contribution in [0.15, 0.2) is 36.5 Å². The molecular weight excluding hydrogens is 248 g/mol. The van der Waals surface area contributed by atoms with E-state index in [2.05, 4.69) is 4.98 Å². The first-order chi connectivity index (χ1) is 8.63. The van der Waals surface area contributed by atoms with Crippen LogP contribution in [0.2, 0.25) is 5.02 Å². The summed E-state index contributed by atoms with van der Waals surface area (Å²) in [5, 5.41) is 9.73. The highest BCUT2D eigenvalue weighted by atomic mass is 35.5. The molecule has 2 rings (SSSR count). The summed E-state index contributed by atoms with van der Waals surface area (Å²) in [4.78, 5) is 4.35. The van der Waals surface area contributed by atoms with Crippen molar-refractivity contribution in [3.63, 3.8) is 0 Å². The van der Waals surface area contributed by atoms with Gasteiger partial charge in [0.15, 0.2) is 0 Å². The molecule has 0 saturated heterocycles. The average Bonchev–Trinajstić information content (AvgIpc) is 2.39. The second-order valence-corrected chi connectivity index (χ2v) is 4.60. The molecule has 1 heterocycles. The third-order valence-corrected chi connectivity index (χ3v) is 3.21. The van der Waals surface area contributed by atoms with E-state index in [9.17, 15) is 0 Å². The lowest BCUT2D eigenvalue weighted by atomic mass is 10.0. The van der Waals surface area contributed by atoms with Gasteiger partial charge in [0.25, 0.3) is 0 Å². The lowest BCUT2D eigenvalue weighted by Crippen LogP contribution is -2.14. The van der Waals surface area contributed by atoms with E-state index in [0.29, 0.717) is 5.02 Å². The highest BCUT2D eigenvalue weighted by Gasteiger charge is 2.11. The monoisotopic (exact) mass is 262 g/mol. The normalized spacial score (nSPS) is 12.4. The van der Waals surface area contributed by atoms with Crippen LogP contribution in [-0.2, 0) is 0 Å². The van der Waals surface area contributed by atoms with E-state index in [1.54, 1.807) is 12.3 Å². The van der Waals surface area contributed by atoms with Gasteiger partial charge < -0.3 is 10.8 Å². The number of rotatable bonds is 3. The largest absolute Gasteiger partial charge is 0.394 e. The molecule has 3 N–H and O–H groups in total. The van der Waals surface area contributed by atoms with Gasteiger partial charge in [0.1, 0.15) is 0 Å². The maximum absolute atomic E-state index is 9.10. The summed E-state index contributed by atoms with van der Waals surface area (Å²) in [5.41, 5.74) is 9.40. The van der Waals surface area contributed by atoms with Gasteiger partial charge in [-0.05, 0) is 36.2 Å². The van der Waals surface area contributed by atoms with Crippen LogP contribution in [0.5, 0.6) is 0 Å². The third kappa shape index (κ3) is 2.53. The van der Waals surface area contributed by atoms with Crippen molar-refractivity contribution in [1.82, 2.24) is 4.98 Å². The van der Waals surface area contributed by atoms with Gasteiger partial charge in [0, 0.05) is 16.8 Å². The van der Waals surface area contributed by atoms with Crippen molar-refractivity contribution in [2.24, 2.45) is 5.73 Å². The quantitative estimate of drug-likeness (QED) is 0.894. The zero-order valence-corrected chi connectivity index (χ0v) is 10.9. The molecule has 4 heteroatoms. The molecule has 1 aromatic carbocycles. The summed E-state index contributed by atoms with van der Waals surface area (Å²) in [7, 11) is 0. The number of nitrogens with zero attached hydrogens (tertiary/aromatic N) is 1. The molecular formula is C14H15ClN2O. The number of nitrogens with two attached hydrogens (primary N) is 1. The van der Waals surface area contributed by atoms with Gasteiger partial charge in [0.2, 0.25) is 0 Å². The summed E-state index contributed by atoms with van der Waals surface area (Å²) in [6.07, 6.45) is 1.73. The molecule has 1 atom stereocenters. The smallest absolute Gasteiger partial charge is 0.0746 e. The zero-order valence-electron chi connectivity index (χ0n) is 10.1. The fourth-order valence-electron chi connectivity index (χ4n) is 1.83. The van der Waals surface area contributed by atoms with E-state index in [1.807, 2.05) is 31.2 Å². The standard InChI is InChI=1S/C14H15ClN2O/c1-9-3-2-6-17-14(9)11-7-10(13(16)8-18)4-5-12(11)15/h2-7,13,18H,8,16H2,1H3/t13-/m1/s1. The van der Waals surface area contributed by atoms with Gasteiger partial charge >= 0.3 is 0 Å². The van der Waals surface area contributed by atoms with Crippen LogP contribution in [0.1, 0.15) is 17.2 Å². The molecule has 0 bridgehead atoms. The van der Waals surface area contributed by atoms with Crippen LogP contribution in [0.4, 0.5) is 0 Å². The molecule has 0 unspecified atom stereocenters. The van der Waals surface area contributed by atoms with E-state index < -0.39 is 6.04 Å². The van der Waals surface area contributed by atoms with E-state index in [0.717, 1.165) is 22.4 Å². The Morgan fingerprint density at radius 3 is 2.83 bits per heavy atom. The Hall–Kier alpha value is -1.42. The molecule has 0 radical (unpaired) electrons. The Morgan fingerprint density at radius 2 is 2.17 bits per heavy atom. The minimum atomic E-state index is -0.398. The Kier molecular flexibility index (Phi) is 3.97. The Labute approximate surface area is 111 Å². The van der Waals surface area contributed by atoms with Crippen LogP contribution in [0.3, 0.4) is 0 Å². The number of aliphatic hydroxyl groups excluding tert-OH is 1. The number of benzene rings is 1. The molecule has 0 fully saturated rings. The first-order valence-electron chi connectivity index (χ1n) is 5.71. The lowest BCUT2D eigenvalue weighted by molar-refractivity contribution is 0.268. The van der Waals surface area contributed by atoms with Crippen LogP contribution in [0, 0.1) is 6.92 Å². The number of aryl methyl sites for hydroxylation is 1. The number of halogens is 1. The van der Waals surface area contributed by atoms with Crippen molar-refractivity contribution in [2.45, 2.75) is 13.0 Å². The maximum Gasteiger partial charge on any atom is 0.0746 e. The minimum absolute atomic E-state index is 0.0950. The predicted octanol–water partition coefficient (Wildman–Crippen LogP) is 2.70. The fraction of sp³-hybridized carbons (Fsp3) is 0.214. The van der Waals surface area contributed by atoms with Crippen molar-refractivity contribution in [1.29, 1.82) is 0 Å². The first-order valence-corrected chi connectivity index (χ1v) is 6.09. The van der Waals surface area contributed by atoms with E-state index in [1.165, 1.54) is 0 Å². The third-order valence-electron chi connectivity index (χ3n) is 2.88. The average molecular weight is 263 g/mol. The SMILES string of the molecule is Cc1cccnc1-c1cc([C@H](N)CO)ccc1Cl. The zero-order chi connectivity index (χ0) is 13.1. The van der Waals surface area contributed by atoms with E-state index in [-0.39, 0.29) is 6.61 Å². The second-order valence-electron chi connectivity index (χ2n) is 4.20.